The van der Waals surface area contributed by atoms with E-state index in [2.05, 4.69) is 24.0 Å². The van der Waals surface area contributed by atoms with E-state index >= 15 is 0 Å². The summed E-state index contributed by atoms with van der Waals surface area (Å²) in [5, 5.41) is 0. The van der Waals surface area contributed by atoms with Crippen LogP contribution in [-0.2, 0) is 11.2 Å². The zero-order valence-corrected chi connectivity index (χ0v) is 10.9. The molecule has 1 aliphatic rings. The van der Waals surface area contributed by atoms with E-state index in [0.717, 1.165) is 31.6 Å². The number of rotatable bonds is 4. The molecule has 1 aromatic rings. The van der Waals surface area contributed by atoms with E-state index in [9.17, 15) is 4.79 Å². The molecule has 1 aromatic carbocycles. The van der Waals surface area contributed by atoms with Gasteiger partial charge in [0.1, 0.15) is 0 Å². The molecule has 0 aromatic heterocycles. The Bertz CT molecular complexity index is 445. The molecule has 4 heteroatoms. The number of nitrogen functional groups attached to an aromatic ring is 1. The number of benzene rings is 1. The fraction of sp³-hybridized carbons (Fsp3) is 0.500. The highest BCUT2D eigenvalue weighted by Gasteiger charge is 2.24. The molecule has 0 saturated carbocycles. The summed E-state index contributed by atoms with van der Waals surface area (Å²) in [4.78, 5) is 13.2. The molecule has 0 radical (unpaired) electrons. The van der Waals surface area contributed by atoms with Crippen LogP contribution in [-0.4, -0.2) is 19.0 Å². The Morgan fingerprint density at radius 1 is 1.50 bits per heavy atom. The number of nitrogens with zero attached hydrogens (tertiary/aromatic N) is 1. The first-order valence-corrected chi connectivity index (χ1v) is 6.51. The second-order valence-corrected chi connectivity index (χ2v) is 5.01. The molecule has 1 amide bonds. The second kappa shape index (κ2) is 5.29. The lowest BCUT2D eigenvalue weighted by Gasteiger charge is -2.20. The normalized spacial score (nSPS) is 19.2. The minimum absolute atomic E-state index is 0.201. The maximum absolute atomic E-state index is 10.9. The van der Waals surface area contributed by atoms with Crippen molar-refractivity contribution in [1.29, 1.82) is 0 Å². The summed E-state index contributed by atoms with van der Waals surface area (Å²) in [6.07, 6.45) is 2.47. The fourth-order valence-corrected chi connectivity index (χ4v) is 2.61. The highest BCUT2D eigenvalue weighted by atomic mass is 16.1. The summed E-state index contributed by atoms with van der Waals surface area (Å²) in [6, 6.07) is 6.18. The number of hydrogen-bond donors (Lipinski definition) is 2. The van der Waals surface area contributed by atoms with Crippen LogP contribution in [0.5, 0.6) is 0 Å². The van der Waals surface area contributed by atoms with Crippen LogP contribution >= 0.6 is 0 Å². The molecule has 1 aliphatic heterocycles. The number of hydrogen-bond acceptors (Lipinski definition) is 3. The van der Waals surface area contributed by atoms with Gasteiger partial charge in [-0.2, -0.15) is 0 Å². The van der Waals surface area contributed by atoms with Gasteiger partial charge in [-0.1, -0.05) is 6.92 Å². The van der Waals surface area contributed by atoms with Gasteiger partial charge in [0, 0.05) is 30.9 Å². The number of nitrogens with two attached hydrogens (primary N) is 2. The summed E-state index contributed by atoms with van der Waals surface area (Å²) >= 11 is 0. The van der Waals surface area contributed by atoms with Crippen molar-refractivity contribution in [2.75, 3.05) is 23.7 Å². The zero-order valence-electron chi connectivity index (χ0n) is 10.9. The fourth-order valence-electron chi connectivity index (χ4n) is 2.61. The Morgan fingerprint density at radius 2 is 2.28 bits per heavy atom. The van der Waals surface area contributed by atoms with Crippen LogP contribution in [0.25, 0.3) is 0 Å². The van der Waals surface area contributed by atoms with Crippen LogP contribution in [0, 0.1) is 5.92 Å². The maximum Gasteiger partial charge on any atom is 0.217 e. The van der Waals surface area contributed by atoms with E-state index in [1.807, 2.05) is 6.07 Å². The van der Waals surface area contributed by atoms with E-state index in [4.69, 9.17) is 11.5 Å². The van der Waals surface area contributed by atoms with Gasteiger partial charge in [0.05, 0.1) is 0 Å². The lowest BCUT2D eigenvalue weighted by atomic mass is 10.1. The first kappa shape index (κ1) is 12.7. The smallest absolute Gasteiger partial charge is 0.217 e. The van der Waals surface area contributed by atoms with Gasteiger partial charge >= 0.3 is 0 Å². The predicted octanol–water partition coefficient (Wildman–Crippen LogP) is 1.53. The summed E-state index contributed by atoms with van der Waals surface area (Å²) in [5.74, 6) is 0.193. The molecule has 0 aliphatic carbocycles. The van der Waals surface area contributed by atoms with E-state index in [1.54, 1.807) is 0 Å². The quantitative estimate of drug-likeness (QED) is 0.793. The Kier molecular flexibility index (Phi) is 3.75. The van der Waals surface area contributed by atoms with Crippen LogP contribution in [0.2, 0.25) is 0 Å². The standard InChI is InChI=1S/C14H21N3O/c1-2-11-8-12(3-4-13(11)15)17-6-5-10(9-17)7-14(16)18/h3-4,8,10H,2,5-7,9,15H2,1H3,(H2,16,18). The largest absolute Gasteiger partial charge is 0.399 e. The van der Waals surface area contributed by atoms with Crippen molar-refractivity contribution in [3.05, 3.63) is 23.8 Å². The summed E-state index contributed by atoms with van der Waals surface area (Å²) in [5.41, 5.74) is 14.4. The van der Waals surface area contributed by atoms with Crippen LogP contribution in [0.15, 0.2) is 18.2 Å². The Hall–Kier alpha value is -1.71. The van der Waals surface area contributed by atoms with Crippen LogP contribution in [0.4, 0.5) is 11.4 Å². The molecule has 18 heavy (non-hydrogen) atoms. The molecule has 1 saturated heterocycles. The average Bonchev–Trinajstić information content (AvgIpc) is 2.77. The lowest BCUT2D eigenvalue weighted by molar-refractivity contribution is -0.118. The molecule has 1 heterocycles. The third kappa shape index (κ3) is 2.75. The summed E-state index contributed by atoms with van der Waals surface area (Å²) < 4.78 is 0. The number of amides is 1. The summed E-state index contributed by atoms with van der Waals surface area (Å²) in [6.45, 7) is 4.01. The molecule has 1 atom stereocenters. The van der Waals surface area contributed by atoms with Crippen molar-refractivity contribution < 1.29 is 4.79 Å². The van der Waals surface area contributed by atoms with E-state index in [-0.39, 0.29) is 5.91 Å². The monoisotopic (exact) mass is 247 g/mol. The van der Waals surface area contributed by atoms with Gasteiger partial charge in [0.2, 0.25) is 5.91 Å². The van der Waals surface area contributed by atoms with Crippen LogP contribution in [0.3, 0.4) is 0 Å². The summed E-state index contributed by atoms with van der Waals surface area (Å²) in [7, 11) is 0. The Balaban J connectivity index is 2.07. The van der Waals surface area contributed by atoms with Crippen LogP contribution < -0.4 is 16.4 Å². The molecule has 0 bridgehead atoms. The van der Waals surface area contributed by atoms with Gasteiger partial charge in [-0.25, -0.2) is 0 Å². The van der Waals surface area contributed by atoms with Gasteiger partial charge in [-0.05, 0) is 42.5 Å². The maximum atomic E-state index is 10.9. The van der Waals surface area contributed by atoms with Crippen molar-refractivity contribution in [2.24, 2.45) is 11.7 Å². The Labute approximate surface area is 108 Å². The SMILES string of the molecule is CCc1cc(N2CCC(CC(N)=O)C2)ccc1N. The highest BCUT2D eigenvalue weighted by Crippen LogP contribution is 2.28. The first-order chi connectivity index (χ1) is 8.60. The van der Waals surface area contributed by atoms with Gasteiger partial charge in [-0.3, -0.25) is 4.79 Å². The highest BCUT2D eigenvalue weighted by molar-refractivity contribution is 5.74. The number of anilines is 2. The second-order valence-electron chi connectivity index (χ2n) is 5.01. The first-order valence-electron chi connectivity index (χ1n) is 6.51. The van der Waals surface area contributed by atoms with Gasteiger partial charge in [0.15, 0.2) is 0 Å². The van der Waals surface area contributed by atoms with E-state index in [0.29, 0.717) is 12.3 Å². The molecule has 0 spiro atoms. The van der Waals surface area contributed by atoms with Crippen molar-refractivity contribution in [3.63, 3.8) is 0 Å². The van der Waals surface area contributed by atoms with Crippen LogP contribution in [0.1, 0.15) is 25.3 Å². The average molecular weight is 247 g/mol. The minimum Gasteiger partial charge on any atom is -0.399 e. The Morgan fingerprint density at radius 3 is 2.94 bits per heavy atom. The van der Waals surface area contributed by atoms with Crippen molar-refractivity contribution >= 4 is 17.3 Å². The third-order valence-corrected chi connectivity index (χ3v) is 3.65. The van der Waals surface area contributed by atoms with Crippen molar-refractivity contribution in [2.45, 2.75) is 26.2 Å². The molecule has 98 valence electrons. The molecule has 4 N–H and O–H groups in total. The van der Waals surface area contributed by atoms with Crippen molar-refractivity contribution in [1.82, 2.24) is 0 Å². The molecule has 1 fully saturated rings. The van der Waals surface area contributed by atoms with Gasteiger partial charge in [-0.15, -0.1) is 0 Å². The molecule has 2 rings (SSSR count). The number of carbonyl (C=O) groups is 1. The number of aryl methyl sites for hydroxylation is 1. The lowest BCUT2D eigenvalue weighted by Crippen LogP contribution is -2.22. The molecule has 1 unspecified atom stereocenters. The zero-order chi connectivity index (χ0) is 13.1. The molecule has 4 nitrogen and oxygen atoms in total. The predicted molar refractivity (Wildman–Crippen MR) is 74.4 cm³/mol. The molecular weight excluding hydrogens is 226 g/mol. The number of primary amides is 1. The van der Waals surface area contributed by atoms with Gasteiger partial charge in [0.25, 0.3) is 0 Å². The van der Waals surface area contributed by atoms with Gasteiger partial charge < -0.3 is 16.4 Å². The van der Waals surface area contributed by atoms with E-state index in [1.165, 1.54) is 11.3 Å². The van der Waals surface area contributed by atoms with E-state index < -0.39 is 0 Å². The third-order valence-electron chi connectivity index (χ3n) is 3.65. The molecular formula is C14H21N3O. The minimum atomic E-state index is -0.201. The topological polar surface area (TPSA) is 72.3 Å². The van der Waals surface area contributed by atoms with Crippen molar-refractivity contribution in [3.8, 4) is 0 Å². The number of carbonyl (C=O) groups excluding carboxylic acids is 1.